The van der Waals surface area contributed by atoms with Crippen LogP contribution in [0.2, 0.25) is 0 Å². The molecule has 0 saturated heterocycles. The van der Waals surface area contributed by atoms with Crippen LogP contribution in [0.25, 0.3) is 0 Å². The Morgan fingerprint density at radius 2 is 1.55 bits per heavy atom. The fraction of sp³-hybridized carbons (Fsp3) is 0. The molecule has 0 aliphatic carbocycles. The Balaban J connectivity index is 2.46. The van der Waals surface area contributed by atoms with Crippen LogP contribution in [0, 0.1) is 11.6 Å². The first kappa shape index (κ1) is 15.4. The van der Waals surface area contributed by atoms with Crippen molar-refractivity contribution in [1.82, 2.24) is 0 Å². The summed E-state index contributed by atoms with van der Waals surface area (Å²) in [7, 11) is -4.24. The van der Waals surface area contributed by atoms with Crippen molar-refractivity contribution in [3.05, 3.63) is 57.0 Å². The summed E-state index contributed by atoms with van der Waals surface area (Å²) in [5, 5.41) is 0. The highest BCUT2D eigenvalue weighted by atomic mass is 79.9. The van der Waals surface area contributed by atoms with Crippen molar-refractivity contribution in [2.45, 2.75) is 4.90 Å². The van der Waals surface area contributed by atoms with Gasteiger partial charge in [-0.1, -0.05) is 6.07 Å². The standard InChI is InChI=1S/C12H6Br2F2O3S/c13-10-5-8(16)6-11(14)12(10)20(17,18)19-9-3-1-2-7(15)4-9/h1-6H. The summed E-state index contributed by atoms with van der Waals surface area (Å²) in [6.07, 6.45) is 0. The third kappa shape index (κ3) is 3.36. The summed E-state index contributed by atoms with van der Waals surface area (Å²) in [5.41, 5.74) is 0. The van der Waals surface area contributed by atoms with Crippen LogP contribution in [-0.2, 0) is 10.1 Å². The van der Waals surface area contributed by atoms with Gasteiger partial charge in [-0.25, -0.2) is 8.78 Å². The minimum atomic E-state index is -4.24. The van der Waals surface area contributed by atoms with Gasteiger partial charge in [0.15, 0.2) is 0 Å². The lowest BCUT2D eigenvalue weighted by Crippen LogP contribution is -2.11. The van der Waals surface area contributed by atoms with Crippen molar-refractivity contribution in [3.8, 4) is 5.75 Å². The molecule has 2 aromatic carbocycles. The smallest absolute Gasteiger partial charge is 0.341 e. The second-order valence-corrected chi connectivity index (χ2v) is 6.89. The Morgan fingerprint density at radius 3 is 2.10 bits per heavy atom. The first-order chi connectivity index (χ1) is 9.29. The molecule has 0 aromatic heterocycles. The highest BCUT2D eigenvalue weighted by Crippen LogP contribution is 2.33. The Kier molecular flexibility index (Phi) is 4.46. The Morgan fingerprint density at radius 1 is 0.950 bits per heavy atom. The molecule has 0 aliphatic heterocycles. The molecule has 0 spiro atoms. The van der Waals surface area contributed by atoms with Crippen molar-refractivity contribution in [2.75, 3.05) is 0 Å². The van der Waals surface area contributed by atoms with Gasteiger partial charge in [0, 0.05) is 15.0 Å². The van der Waals surface area contributed by atoms with Crippen LogP contribution >= 0.6 is 31.9 Å². The van der Waals surface area contributed by atoms with E-state index in [1.807, 2.05) is 0 Å². The zero-order valence-corrected chi connectivity index (χ0v) is 13.6. The van der Waals surface area contributed by atoms with Gasteiger partial charge in [0.2, 0.25) is 0 Å². The second kappa shape index (κ2) is 5.79. The molecular weight excluding hydrogens is 422 g/mol. The average Bonchev–Trinajstić information content (AvgIpc) is 2.25. The maximum atomic E-state index is 13.1. The highest BCUT2D eigenvalue weighted by Gasteiger charge is 2.24. The molecule has 0 saturated carbocycles. The molecule has 3 nitrogen and oxygen atoms in total. The molecule has 2 aromatic rings. The molecule has 0 radical (unpaired) electrons. The van der Waals surface area contributed by atoms with Crippen LogP contribution < -0.4 is 4.18 Å². The van der Waals surface area contributed by atoms with Gasteiger partial charge in [0.25, 0.3) is 0 Å². The molecule has 0 fully saturated rings. The molecule has 0 unspecified atom stereocenters. The van der Waals surface area contributed by atoms with Gasteiger partial charge < -0.3 is 4.18 Å². The lowest BCUT2D eigenvalue weighted by Gasteiger charge is -2.10. The topological polar surface area (TPSA) is 43.4 Å². The Labute approximate surface area is 131 Å². The van der Waals surface area contributed by atoms with E-state index in [9.17, 15) is 17.2 Å². The molecule has 106 valence electrons. The molecule has 0 heterocycles. The van der Waals surface area contributed by atoms with Crippen molar-refractivity contribution in [1.29, 1.82) is 0 Å². The molecule has 0 bridgehead atoms. The van der Waals surface area contributed by atoms with E-state index < -0.39 is 21.8 Å². The zero-order chi connectivity index (χ0) is 14.9. The second-order valence-electron chi connectivity index (χ2n) is 3.69. The summed E-state index contributed by atoms with van der Waals surface area (Å²) in [6, 6.07) is 6.69. The van der Waals surface area contributed by atoms with Crippen molar-refractivity contribution in [3.63, 3.8) is 0 Å². The maximum Gasteiger partial charge on any atom is 0.341 e. The highest BCUT2D eigenvalue weighted by molar-refractivity contribution is 9.11. The Bertz CT molecular complexity index is 740. The number of benzene rings is 2. The number of hydrogen-bond donors (Lipinski definition) is 0. The quantitative estimate of drug-likeness (QED) is 0.687. The van der Waals surface area contributed by atoms with E-state index in [1.165, 1.54) is 12.1 Å². The van der Waals surface area contributed by atoms with Gasteiger partial charge in [0.1, 0.15) is 22.3 Å². The minimum Gasteiger partial charge on any atom is -0.379 e. The molecule has 8 heteroatoms. The molecule has 2 rings (SSSR count). The summed E-state index contributed by atoms with van der Waals surface area (Å²) in [6.45, 7) is 0. The molecular formula is C12H6Br2F2O3S. The largest absolute Gasteiger partial charge is 0.379 e. The van der Waals surface area contributed by atoms with Gasteiger partial charge in [-0.05, 0) is 56.1 Å². The van der Waals surface area contributed by atoms with Crippen molar-refractivity contribution >= 4 is 42.0 Å². The average molecular weight is 428 g/mol. The van der Waals surface area contributed by atoms with Gasteiger partial charge in [-0.3, -0.25) is 0 Å². The van der Waals surface area contributed by atoms with Gasteiger partial charge >= 0.3 is 10.1 Å². The SMILES string of the molecule is O=S(=O)(Oc1cccc(F)c1)c1c(Br)cc(F)cc1Br. The number of hydrogen-bond acceptors (Lipinski definition) is 3. The van der Waals surface area contributed by atoms with E-state index in [0.717, 1.165) is 24.3 Å². The van der Waals surface area contributed by atoms with E-state index in [4.69, 9.17) is 4.18 Å². The first-order valence-corrected chi connectivity index (χ1v) is 8.13. The van der Waals surface area contributed by atoms with Crippen LogP contribution in [0.1, 0.15) is 0 Å². The van der Waals surface area contributed by atoms with Gasteiger partial charge in [-0.15, -0.1) is 0 Å². The van der Waals surface area contributed by atoms with Gasteiger partial charge in [-0.2, -0.15) is 8.42 Å². The van der Waals surface area contributed by atoms with Crippen LogP contribution in [-0.4, -0.2) is 8.42 Å². The number of halogens is 4. The molecule has 0 amide bonds. The lowest BCUT2D eigenvalue weighted by molar-refractivity contribution is 0.482. The van der Waals surface area contributed by atoms with E-state index in [1.54, 1.807) is 0 Å². The predicted octanol–water partition coefficient (Wildman–Crippen LogP) is 4.26. The van der Waals surface area contributed by atoms with Crippen LogP contribution in [0.3, 0.4) is 0 Å². The zero-order valence-electron chi connectivity index (χ0n) is 9.61. The van der Waals surface area contributed by atoms with Crippen LogP contribution in [0.5, 0.6) is 5.75 Å². The molecule has 0 N–H and O–H groups in total. The fourth-order valence-electron chi connectivity index (χ4n) is 1.45. The van der Waals surface area contributed by atoms with E-state index in [2.05, 4.69) is 31.9 Å². The normalized spacial score (nSPS) is 11.4. The monoisotopic (exact) mass is 426 g/mol. The van der Waals surface area contributed by atoms with Crippen molar-refractivity contribution < 1.29 is 21.4 Å². The predicted molar refractivity (Wildman–Crippen MR) is 76.0 cm³/mol. The molecule has 20 heavy (non-hydrogen) atoms. The van der Waals surface area contributed by atoms with E-state index >= 15 is 0 Å². The third-order valence-electron chi connectivity index (χ3n) is 2.22. The number of rotatable bonds is 3. The fourth-order valence-corrected chi connectivity index (χ4v) is 4.81. The minimum absolute atomic E-state index is 0.000720. The van der Waals surface area contributed by atoms with E-state index in [0.29, 0.717) is 0 Å². The summed E-state index contributed by atoms with van der Waals surface area (Å²) < 4.78 is 55.2. The van der Waals surface area contributed by atoms with Gasteiger partial charge in [0.05, 0.1) is 0 Å². The first-order valence-electron chi connectivity index (χ1n) is 5.14. The third-order valence-corrected chi connectivity index (χ3v) is 5.34. The molecule has 0 atom stereocenters. The van der Waals surface area contributed by atoms with Crippen molar-refractivity contribution in [2.24, 2.45) is 0 Å². The van der Waals surface area contributed by atoms with E-state index in [-0.39, 0.29) is 19.6 Å². The molecule has 0 aliphatic rings. The summed E-state index contributed by atoms with van der Waals surface area (Å²) >= 11 is 5.92. The van der Waals surface area contributed by atoms with Crippen LogP contribution in [0.4, 0.5) is 8.78 Å². The van der Waals surface area contributed by atoms with Crippen LogP contribution in [0.15, 0.2) is 50.2 Å². The summed E-state index contributed by atoms with van der Waals surface area (Å²) in [4.78, 5) is -0.275. The maximum absolute atomic E-state index is 13.1. The Hall–Kier alpha value is -0.990. The summed E-state index contributed by atoms with van der Waals surface area (Å²) in [5.74, 6) is -1.42. The lowest BCUT2D eigenvalue weighted by atomic mass is 10.3.